The molecule has 0 fully saturated rings. The Morgan fingerprint density at radius 3 is 2.64 bits per heavy atom. The fourth-order valence-electron chi connectivity index (χ4n) is 1.13. The van der Waals surface area contributed by atoms with Crippen LogP contribution in [0.1, 0.15) is 11.6 Å². The summed E-state index contributed by atoms with van der Waals surface area (Å²) in [6.45, 7) is 0.348. The Morgan fingerprint density at radius 1 is 1.50 bits per heavy atom. The molecule has 1 aromatic rings. The number of rotatable bonds is 3. The standard InChI is InChI=1S/C9H14N2O2.ClH/c1-13-9-4-6(12)2-3-7(9)8(11)5-10;/h2-4,8,12H,5,10-11H2,1H3;1H/t8-;/m1./s1. The number of ether oxygens (including phenoxy) is 1. The zero-order valence-corrected chi connectivity index (χ0v) is 8.75. The predicted molar refractivity (Wildman–Crippen MR) is 57.9 cm³/mol. The van der Waals surface area contributed by atoms with Gasteiger partial charge in [-0.1, -0.05) is 6.07 Å². The fraction of sp³-hybridized carbons (Fsp3) is 0.333. The second-order valence-electron chi connectivity index (χ2n) is 2.77. The van der Waals surface area contributed by atoms with Crippen LogP contribution in [0.15, 0.2) is 18.2 Å². The minimum atomic E-state index is -0.254. The Morgan fingerprint density at radius 2 is 2.14 bits per heavy atom. The molecule has 0 unspecified atom stereocenters. The molecular formula is C9H15ClN2O2. The van der Waals surface area contributed by atoms with E-state index < -0.39 is 0 Å². The number of phenols is 1. The number of phenolic OH excluding ortho intramolecular Hbond substituents is 1. The number of benzene rings is 1. The molecule has 4 nitrogen and oxygen atoms in total. The lowest BCUT2D eigenvalue weighted by atomic mass is 10.1. The maximum Gasteiger partial charge on any atom is 0.127 e. The minimum Gasteiger partial charge on any atom is -0.508 e. The first-order valence-electron chi connectivity index (χ1n) is 4.01. The summed E-state index contributed by atoms with van der Waals surface area (Å²) in [5.41, 5.74) is 12.0. The van der Waals surface area contributed by atoms with Gasteiger partial charge < -0.3 is 21.3 Å². The van der Waals surface area contributed by atoms with Gasteiger partial charge in [0.05, 0.1) is 7.11 Å². The van der Waals surface area contributed by atoms with Crippen LogP contribution < -0.4 is 16.2 Å². The van der Waals surface area contributed by atoms with Crippen LogP contribution in [0.4, 0.5) is 0 Å². The summed E-state index contributed by atoms with van der Waals surface area (Å²) in [6, 6.07) is 4.54. The summed E-state index contributed by atoms with van der Waals surface area (Å²) in [5.74, 6) is 0.725. The SMILES string of the molecule is COc1cc(O)ccc1[C@H](N)CN.Cl. The highest BCUT2D eigenvalue weighted by Crippen LogP contribution is 2.27. The van der Waals surface area contributed by atoms with E-state index >= 15 is 0 Å². The molecule has 0 spiro atoms. The molecule has 0 bridgehead atoms. The number of methoxy groups -OCH3 is 1. The van der Waals surface area contributed by atoms with Gasteiger partial charge in [-0.3, -0.25) is 0 Å². The molecule has 0 radical (unpaired) electrons. The summed E-state index contributed by atoms with van der Waals surface area (Å²) in [4.78, 5) is 0. The Bertz CT molecular complexity index is 294. The lowest BCUT2D eigenvalue weighted by Crippen LogP contribution is -2.21. The molecule has 5 N–H and O–H groups in total. The summed E-state index contributed by atoms with van der Waals surface area (Å²) in [6.07, 6.45) is 0. The van der Waals surface area contributed by atoms with Gasteiger partial charge in [-0.15, -0.1) is 12.4 Å². The fourth-order valence-corrected chi connectivity index (χ4v) is 1.13. The normalized spacial score (nSPS) is 11.6. The maximum absolute atomic E-state index is 9.17. The molecule has 0 saturated heterocycles. The monoisotopic (exact) mass is 218 g/mol. The van der Waals surface area contributed by atoms with Gasteiger partial charge in [-0.2, -0.15) is 0 Å². The van der Waals surface area contributed by atoms with Crippen LogP contribution in [-0.2, 0) is 0 Å². The summed E-state index contributed by atoms with van der Waals surface area (Å²) in [7, 11) is 1.53. The molecule has 1 atom stereocenters. The molecule has 0 saturated carbocycles. The Hall–Kier alpha value is -0.970. The summed E-state index contributed by atoms with van der Waals surface area (Å²) >= 11 is 0. The van der Waals surface area contributed by atoms with Crippen LogP contribution >= 0.6 is 12.4 Å². The summed E-state index contributed by atoms with van der Waals surface area (Å²) < 4.78 is 5.05. The molecule has 80 valence electrons. The van der Waals surface area contributed by atoms with Gasteiger partial charge in [0.15, 0.2) is 0 Å². The van der Waals surface area contributed by atoms with E-state index in [9.17, 15) is 5.11 Å². The molecule has 0 amide bonds. The van der Waals surface area contributed by atoms with Crippen molar-refractivity contribution in [3.8, 4) is 11.5 Å². The van der Waals surface area contributed by atoms with Crippen molar-refractivity contribution in [2.75, 3.05) is 13.7 Å². The second kappa shape index (κ2) is 5.70. The van der Waals surface area contributed by atoms with Crippen molar-refractivity contribution < 1.29 is 9.84 Å². The van der Waals surface area contributed by atoms with Crippen LogP contribution in [0, 0.1) is 0 Å². The Kier molecular flexibility index (Phi) is 5.30. The lowest BCUT2D eigenvalue weighted by molar-refractivity contribution is 0.399. The van der Waals surface area contributed by atoms with Gasteiger partial charge >= 0.3 is 0 Å². The van der Waals surface area contributed by atoms with E-state index in [1.54, 1.807) is 12.1 Å². The number of hydrogen-bond acceptors (Lipinski definition) is 4. The van der Waals surface area contributed by atoms with Crippen LogP contribution in [0.25, 0.3) is 0 Å². The van der Waals surface area contributed by atoms with Crippen molar-refractivity contribution in [1.29, 1.82) is 0 Å². The first-order chi connectivity index (χ1) is 6.19. The Balaban J connectivity index is 0.00000169. The van der Waals surface area contributed by atoms with Gasteiger partial charge in [0.1, 0.15) is 11.5 Å². The van der Waals surface area contributed by atoms with Crippen molar-refractivity contribution in [3.63, 3.8) is 0 Å². The average Bonchev–Trinajstić information content (AvgIpc) is 2.16. The van der Waals surface area contributed by atoms with Gasteiger partial charge in [0, 0.05) is 24.2 Å². The quantitative estimate of drug-likeness (QED) is 0.701. The van der Waals surface area contributed by atoms with Crippen LogP contribution in [0.5, 0.6) is 11.5 Å². The molecule has 0 aromatic heterocycles. The molecule has 0 aliphatic heterocycles. The molecule has 0 aliphatic carbocycles. The van der Waals surface area contributed by atoms with Crippen molar-refractivity contribution in [2.24, 2.45) is 11.5 Å². The predicted octanol–water partition coefficient (Wildman–Crippen LogP) is 0.781. The number of halogens is 1. The van der Waals surface area contributed by atoms with Crippen molar-refractivity contribution in [1.82, 2.24) is 0 Å². The molecule has 14 heavy (non-hydrogen) atoms. The highest BCUT2D eigenvalue weighted by atomic mass is 35.5. The van der Waals surface area contributed by atoms with E-state index in [2.05, 4.69) is 0 Å². The highest BCUT2D eigenvalue weighted by Gasteiger charge is 2.10. The summed E-state index contributed by atoms with van der Waals surface area (Å²) in [5, 5.41) is 9.17. The second-order valence-corrected chi connectivity index (χ2v) is 2.77. The molecule has 1 aromatic carbocycles. The van der Waals surface area contributed by atoms with Crippen LogP contribution in [0.2, 0.25) is 0 Å². The molecule has 0 aliphatic rings. The highest BCUT2D eigenvalue weighted by molar-refractivity contribution is 5.85. The first kappa shape index (κ1) is 13.0. The van der Waals surface area contributed by atoms with Gasteiger partial charge in [-0.25, -0.2) is 0 Å². The van der Waals surface area contributed by atoms with Crippen molar-refractivity contribution in [3.05, 3.63) is 23.8 Å². The number of aromatic hydroxyl groups is 1. The smallest absolute Gasteiger partial charge is 0.127 e. The number of nitrogens with two attached hydrogens (primary N) is 2. The van der Waals surface area contributed by atoms with Gasteiger partial charge in [0.25, 0.3) is 0 Å². The van der Waals surface area contributed by atoms with E-state index in [-0.39, 0.29) is 24.2 Å². The van der Waals surface area contributed by atoms with Gasteiger partial charge in [0.2, 0.25) is 0 Å². The third-order valence-corrected chi connectivity index (χ3v) is 1.87. The Labute approximate surface area is 89.3 Å². The topological polar surface area (TPSA) is 81.5 Å². The third-order valence-electron chi connectivity index (χ3n) is 1.87. The van der Waals surface area contributed by atoms with E-state index in [1.165, 1.54) is 13.2 Å². The van der Waals surface area contributed by atoms with E-state index in [0.717, 1.165) is 5.56 Å². The van der Waals surface area contributed by atoms with Crippen molar-refractivity contribution >= 4 is 12.4 Å². The van der Waals surface area contributed by atoms with E-state index in [0.29, 0.717) is 12.3 Å². The first-order valence-corrected chi connectivity index (χ1v) is 4.01. The minimum absolute atomic E-state index is 0. The largest absolute Gasteiger partial charge is 0.508 e. The maximum atomic E-state index is 9.17. The zero-order chi connectivity index (χ0) is 9.84. The number of hydrogen-bond donors (Lipinski definition) is 3. The van der Waals surface area contributed by atoms with Crippen LogP contribution in [0.3, 0.4) is 0 Å². The van der Waals surface area contributed by atoms with Crippen LogP contribution in [-0.4, -0.2) is 18.8 Å². The molecule has 0 heterocycles. The third kappa shape index (κ3) is 2.77. The van der Waals surface area contributed by atoms with E-state index in [4.69, 9.17) is 16.2 Å². The lowest BCUT2D eigenvalue weighted by Gasteiger charge is -2.13. The zero-order valence-electron chi connectivity index (χ0n) is 7.93. The molecule has 5 heteroatoms. The van der Waals surface area contributed by atoms with Crippen molar-refractivity contribution in [2.45, 2.75) is 6.04 Å². The van der Waals surface area contributed by atoms with Gasteiger partial charge in [-0.05, 0) is 6.07 Å². The van der Waals surface area contributed by atoms with E-state index in [1.807, 2.05) is 0 Å². The molecule has 1 rings (SSSR count). The average molecular weight is 219 g/mol. The molecular weight excluding hydrogens is 204 g/mol.